The van der Waals surface area contributed by atoms with E-state index >= 15 is 0 Å². The van der Waals surface area contributed by atoms with E-state index in [2.05, 4.69) is 87.4 Å². The summed E-state index contributed by atoms with van der Waals surface area (Å²) in [6.45, 7) is 3.09. The van der Waals surface area contributed by atoms with E-state index in [0.717, 1.165) is 43.3 Å². The molecule has 8 nitrogen and oxygen atoms in total. The molecule has 7 rings (SSSR count). The molecule has 2 unspecified atom stereocenters. The normalized spacial score (nSPS) is 24.7. The molecule has 41 heavy (non-hydrogen) atoms. The van der Waals surface area contributed by atoms with Crippen molar-refractivity contribution in [2.75, 3.05) is 17.6 Å². The third kappa shape index (κ3) is 5.33. The van der Waals surface area contributed by atoms with Crippen LogP contribution < -0.4 is 9.46 Å². The summed E-state index contributed by atoms with van der Waals surface area (Å²) in [6, 6.07) is 25.1. The smallest absolute Gasteiger partial charge is 0.242 e. The van der Waals surface area contributed by atoms with Crippen LogP contribution in [0.25, 0.3) is 5.65 Å². The van der Waals surface area contributed by atoms with Crippen LogP contribution in [0.4, 0.5) is 5.95 Å². The number of sulfonamides is 1. The summed E-state index contributed by atoms with van der Waals surface area (Å²) in [4.78, 5) is 2.81. The number of nitrogens with zero attached hydrogens (tertiary/aromatic N) is 4. The number of piperidine rings is 1. The summed E-state index contributed by atoms with van der Waals surface area (Å²) in [6.07, 6.45) is 8.74. The van der Waals surface area contributed by atoms with Crippen molar-refractivity contribution in [1.82, 2.24) is 19.5 Å². The van der Waals surface area contributed by atoms with E-state index < -0.39 is 10.0 Å². The van der Waals surface area contributed by atoms with Gasteiger partial charge in [0.05, 0.1) is 18.9 Å². The molecule has 2 bridgehead atoms. The number of benzene rings is 2. The Kier molecular flexibility index (Phi) is 6.74. The molecular formula is C32H37N5O3S. The molecule has 214 valence electrons. The maximum Gasteiger partial charge on any atom is 0.242 e. The van der Waals surface area contributed by atoms with E-state index in [0.29, 0.717) is 42.1 Å². The lowest BCUT2D eigenvalue weighted by atomic mass is 9.86. The number of ether oxygens (including phenoxy) is 1. The lowest BCUT2D eigenvalue weighted by molar-refractivity contribution is 0.0494. The predicted octanol–water partition coefficient (Wildman–Crippen LogP) is 5.64. The van der Waals surface area contributed by atoms with Crippen molar-refractivity contribution >= 4 is 21.6 Å². The van der Waals surface area contributed by atoms with E-state index in [-0.39, 0.29) is 12.0 Å². The van der Waals surface area contributed by atoms with Crippen LogP contribution in [-0.4, -0.2) is 52.9 Å². The van der Waals surface area contributed by atoms with Gasteiger partial charge in [0.2, 0.25) is 16.0 Å². The number of aromatic nitrogens is 3. The van der Waals surface area contributed by atoms with E-state index in [1.165, 1.54) is 17.5 Å². The number of hydrogen-bond donors (Lipinski definition) is 1. The SMILES string of the molecule is C[C@H]1CC2C[C@@H](COc3cc4nnc(NS(C)(=O)=O)n4cc3C3CC3)CC1N2C(c1ccccc1)c1ccccc1. The average molecular weight is 572 g/mol. The predicted molar refractivity (Wildman–Crippen MR) is 160 cm³/mol. The molecule has 2 aliphatic heterocycles. The maximum atomic E-state index is 11.8. The van der Waals surface area contributed by atoms with E-state index in [9.17, 15) is 8.42 Å². The topological polar surface area (TPSA) is 88.8 Å². The third-order valence-corrected chi connectivity index (χ3v) is 9.67. The summed E-state index contributed by atoms with van der Waals surface area (Å²) >= 11 is 0. The molecule has 3 aliphatic rings. The second kappa shape index (κ2) is 10.4. The second-order valence-corrected chi connectivity index (χ2v) is 14.0. The quantitative estimate of drug-likeness (QED) is 0.280. The average Bonchev–Trinajstić information content (AvgIpc) is 3.71. The molecule has 1 N–H and O–H groups in total. The van der Waals surface area contributed by atoms with Gasteiger partial charge in [-0.15, -0.1) is 10.2 Å². The Labute approximate surface area is 241 Å². The van der Waals surface area contributed by atoms with Crippen LogP contribution in [0.2, 0.25) is 0 Å². The highest BCUT2D eigenvalue weighted by Gasteiger charge is 2.48. The van der Waals surface area contributed by atoms with Gasteiger partial charge in [-0.1, -0.05) is 67.6 Å². The fourth-order valence-electron chi connectivity index (χ4n) is 7.21. The molecule has 4 heterocycles. The van der Waals surface area contributed by atoms with Gasteiger partial charge in [0, 0.05) is 29.9 Å². The summed E-state index contributed by atoms with van der Waals surface area (Å²) in [7, 11) is -3.45. The second-order valence-electron chi connectivity index (χ2n) is 12.2. The molecular weight excluding hydrogens is 534 g/mol. The monoisotopic (exact) mass is 571 g/mol. The van der Waals surface area contributed by atoms with Crippen molar-refractivity contribution in [3.05, 3.63) is 89.6 Å². The number of hydrogen-bond acceptors (Lipinski definition) is 6. The summed E-state index contributed by atoms with van der Waals surface area (Å²) in [5.74, 6) is 2.60. The first-order valence-electron chi connectivity index (χ1n) is 14.7. The number of pyridine rings is 1. The first-order valence-corrected chi connectivity index (χ1v) is 16.6. The maximum absolute atomic E-state index is 11.8. The number of nitrogens with one attached hydrogen (secondary N) is 1. The molecule has 1 saturated carbocycles. The lowest BCUT2D eigenvalue weighted by Crippen LogP contribution is -2.47. The van der Waals surface area contributed by atoms with Gasteiger partial charge in [-0.3, -0.25) is 14.0 Å². The number of fused-ring (bicyclic) bond motifs is 3. The molecule has 3 fully saturated rings. The Morgan fingerprint density at radius 1 is 0.976 bits per heavy atom. The molecule has 0 amide bonds. The van der Waals surface area contributed by atoms with Crippen molar-refractivity contribution in [3.63, 3.8) is 0 Å². The van der Waals surface area contributed by atoms with Gasteiger partial charge < -0.3 is 4.74 Å². The van der Waals surface area contributed by atoms with Crippen molar-refractivity contribution in [1.29, 1.82) is 0 Å². The molecule has 4 aromatic rings. The molecule has 0 spiro atoms. The Morgan fingerprint density at radius 3 is 2.27 bits per heavy atom. The van der Waals surface area contributed by atoms with Crippen LogP contribution >= 0.6 is 0 Å². The summed E-state index contributed by atoms with van der Waals surface area (Å²) < 4.78 is 34.4. The Bertz CT molecular complexity index is 1600. The Balaban J connectivity index is 1.12. The van der Waals surface area contributed by atoms with Gasteiger partial charge in [0.25, 0.3) is 0 Å². The Morgan fingerprint density at radius 2 is 1.66 bits per heavy atom. The van der Waals surface area contributed by atoms with Crippen molar-refractivity contribution in [3.8, 4) is 5.75 Å². The molecule has 0 radical (unpaired) electrons. The van der Waals surface area contributed by atoms with Crippen LogP contribution in [-0.2, 0) is 10.0 Å². The van der Waals surface area contributed by atoms with Crippen LogP contribution in [0, 0.1) is 11.8 Å². The zero-order valence-electron chi connectivity index (χ0n) is 23.6. The van der Waals surface area contributed by atoms with Gasteiger partial charge in [0.1, 0.15) is 5.75 Å². The van der Waals surface area contributed by atoms with Gasteiger partial charge >= 0.3 is 0 Å². The molecule has 2 saturated heterocycles. The zero-order chi connectivity index (χ0) is 28.1. The molecule has 2 aromatic carbocycles. The molecule has 9 heteroatoms. The molecule has 1 aliphatic carbocycles. The van der Waals surface area contributed by atoms with E-state index in [4.69, 9.17) is 4.74 Å². The van der Waals surface area contributed by atoms with Gasteiger partial charge in [-0.05, 0) is 61.0 Å². The minimum absolute atomic E-state index is 0.209. The third-order valence-electron chi connectivity index (χ3n) is 9.12. The fraction of sp³-hybridized carbons (Fsp3) is 0.438. The van der Waals surface area contributed by atoms with Crippen molar-refractivity contribution in [2.45, 2.75) is 63.1 Å². The Hall–Kier alpha value is -3.43. The van der Waals surface area contributed by atoms with Gasteiger partial charge in [0.15, 0.2) is 5.65 Å². The highest BCUT2D eigenvalue weighted by molar-refractivity contribution is 7.92. The van der Waals surface area contributed by atoms with Crippen LogP contribution in [0.5, 0.6) is 5.75 Å². The van der Waals surface area contributed by atoms with Gasteiger partial charge in [-0.25, -0.2) is 8.42 Å². The minimum atomic E-state index is -3.45. The highest BCUT2D eigenvalue weighted by Crippen LogP contribution is 2.49. The standard InChI is InChI=1S/C32H37N5O3S/c1-21-15-26-16-22(17-28(21)37(26)31(24-9-5-3-6-10-24)25-11-7-4-8-12-25)20-40-29-18-30-33-34-32(35-41(2,38)39)36(30)19-27(29)23-13-14-23/h3-12,18-19,21-23,26,28,31H,13-17,20H2,1-2H3,(H,34,35)/t21-,22+,26?,28?/m0/s1. The largest absolute Gasteiger partial charge is 0.493 e. The van der Waals surface area contributed by atoms with E-state index in [1.54, 1.807) is 4.40 Å². The highest BCUT2D eigenvalue weighted by atomic mass is 32.2. The van der Waals surface area contributed by atoms with Crippen molar-refractivity contribution < 1.29 is 13.2 Å². The molecule has 2 aromatic heterocycles. The summed E-state index contributed by atoms with van der Waals surface area (Å²) in [5.41, 5.74) is 4.40. The number of rotatable bonds is 9. The zero-order valence-corrected chi connectivity index (χ0v) is 24.4. The van der Waals surface area contributed by atoms with Crippen LogP contribution in [0.15, 0.2) is 72.9 Å². The lowest BCUT2D eigenvalue weighted by Gasteiger charge is -2.44. The van der Waals surface area contributed by atoms with Crippen LogP contribution in [0.3, 0.4) is 0 Å². The minimum Gasteiger partial charge on any atom is -0.493 e. The first-order chi connectivity index (χ1) is 19.8. The molecule has 4 atom stereocenters. The van der Waals surface area contributed by atoms with E-state index in [1.807, 2.05) is 12.3 Å². The van der Waals surface area contributed by atoms with Crippen molar-refractivity contribution in [2.24, 2.45) is 11.8 Å². The van der Waals surface area contributed by atoms with Gasteiger partial charge in [-0.2, -0.15) is 0 Å². The number of anilines is 1. The first kappa shape index (κ1) is 26.5. The fourth-order valence-corrected chi connectivity index (χ4v) is 7.69. The van der Waals surface area contributed by atoms with Crippen LogP contribution in [0.1, 0.15) is 67.7 Å². The summed E-state index contributed by atoms with van der Waals surface area (Å²) in [5, 5.41) is 8.27.